The van der Waals surface area contributed by atoms with E-state index in [2.05, 4.69) is 21.0 Å². The van der Waals surface area contributed by atoms with Gasteiger partial charge in [0.05, 0.1) is 16.7 Å². The molecule has 9 heteroatoms. The summed E-state index contributed by atoms with van der Waals surface area (Å²) in [7, 11) is 1.53. The van der Waals surface area contributed by atoms with E-state index in [0.29, 0.717) is 10.2 Å². The van der Waals surface area contributed by atoms with E-state index in [1.807, 2.05) is 0 Å². The van der Waals surface area contributed by atoms with E-state index in [4.69, 9.17) is 4.74 Å². The van der Waals surface area contributed by atoms with Crippen LogP contribution in [0.2, 0.25) is 0 Å². The lowest BCUT2D eigenvalue weighted by atomic mass is 10.2. The van der Waals surface area contributed by atoms with Gasteiger partial charge in [0.2, 0.25) is 5.88 Å². The second-order valence-corrected chi connectivity index (χ2v) is 5.11. The summed E-state index contributed by atoms with van der Waals surface area (Å²) in [6.45, 7) is 1.54. The first-order valence-corrected chi connectivity index (χ1v) is 6.48. The Kier molecular flexibility index (Phi) is 3.94. The molecular weight excluding hydrogens is 346 g/mol. The molecule has 1 aromatic carbocycles. The fourth-order valence-corrected chi connectivity index (χ4v) is 2.28. The van der Waals surface area contributed by atoms with Crippen LogP contribution in [-0.4, -0.2) is 25.8 Å². The topological polar surface area (TPSA) is 107 Å². The van der Waals surface area contributed by atoms with Crippen molar-refractivity contribution in [2.45, 2.75) is 6.92 Å². The van der Waals surface area contributed by atoms with Gasteiger partial charge in [-0.05, 0) is 13.0 Å². The molecule has 0 saturated carbocycles. The first kappa shape index (κ1) is 15.0. The van der Waals surface area contributed by atoms with E-state index < -0.39 is 10.9 Å². The SMILES string of the molecule is Cc1nn(C)c(Oc2cc(Br)cc([N+](=O)[O-])c2)c1C(=O)O. The number of nitro benzene ring substituents is 1. The van der Waals surface area contributed by atoms with Gasteiger partial charge in [-0.3, -0.25) is 10.1 Å². The molecule has 2 rings (SSSR count). The van der Waals surface area contributed by atoms with E-state index >= 15 is 0 Å². The number of nitrogens with zero attached hydrogens (tertiary/aromatic N) is 3. The monoisotopic (exact) mass is 355 g/mol. The molecule has 0 atom stereocenters. The number of hydrogen-bond donors (Lipinski definition) is 1. The van der Waals surface area contributed by atoms with Crippen molar-refractivity contribution in [1.29, 1.82) is 0 Å². The molecule has 0 spiro atoms. The summed E-state index contributed by atoms with van der Waals surface area (Å²) >= 11 is 3.14. The lowest BCUT2D eigenvalue weighted by Gasteiger charge is -2.07. The zero-order chi connectivity index (χ0) is 15.7. The molecule has 21 heavy (non-hydrogen) atoms. The number of carbonyl (C=O) groups is 1. The van der Waals surface area contributed by atoms with Gasteiger partial charge in [0.25, 0.3) is 5.69 Å². The number of benzene rings is 1. The number of hydrogen-bond acceptors (Lipinski definition) is 5. The molecule has 0 radical (unpaired) electrons. The number of halogens is 1. The number of non-ortho nitro benzene ring substituents is 1. The average Bonchev–Trinajstić information content (AvgIpc) is 2.63. The van der Waals surface area contributed by atoms with Crippen LogP contribution in [0, 0.1) is 17.0 Å². The number of rotatable bonds is 4. The van der Waals surface area contributed by atoms with Crippen molar-refractivity contribution in [1.82, 2.24) is 9.78 Å². The van der Waals surface area contributed by atoms with E-state index in [1.54, 1.807) is 6.92 Å². The Bertz CT molecular complexity index is 741. The number of carboxylic acid groups (broad SMARTS) is 1. The zero-order valence-electron chi connectivity index (χ0n) is 11.0. The molecule has 110 valence electrons. The van der Waals surface area contributed by atoms with Crippen molar-refractivity contribution in [3.05, 3.63) is 44.0 Å². The van der Waals surface area contributed by atoms with Crippen LogP contribution in [0.4, 0.5) is 5.69 Å². The fraction of sp³-hybridized carbons (Fsp3) is 0.167. The Morgan fingerprint density at radius 2 is 2.14 bits per heavy atom. The minimum Gasteiger partial charge on any atom is -0.477 e. The van der Waals surface area contributed by atoms with Crippen LogP contribution in [-0.2, 0) is 7.05 Å². The molecule has 0 bridgehead atoms. The van der Waals surface area contributed by atoms with Gasteiger partial charge in [-0.1, -0.05) is 15.9 Å². The standard InChI is InChI=1S/C12H10BrN3O5/c1-6-10(12(17)18)11(15(2)14-6)21-9-4-7(13)3-8(5-9)16(19)20/h3-5H,1-2H3,(H,17,18). The van der Waals surface area contributed by atoms with Gasteiger partial charge in [0, 0.05) is 17.6 Å². The second-order valence-electron chi connectivity index (χ2n) is 4.20. The lowest BCUT2D eigenvalue weighted by Crippen LogP contribution is -2.02. The predicted octanol–water partition coefficient (Wildman–Crippen LogP) is 2.89. The lowest BCUT2D eigenvalue weighted by molar-refractivity contribution is -0.385. The molecule has 0 fully saturated rings. The highest BCUT2D eigenvalue weighted by molar-refractivity contribution is 9.10. The summed E-state index contributed by atoms with van der Waals surface area (Å²) in [5.74, 6) is -1.03. The molecule has 0 aliphatic carbocycles. The van der Waals surface area contributed by atoms with Crippen LogP contribution < -0.4 is 4.74 Å². The maximum Gasteiger partial charge on any atom is 0.343 e. The highest BCUT2D eigenvalue weighted by Gasteiger charge is 2.22. The van der Waals surface area contributed by atoms with Gasteiger partial charge < -0.3 is 9.84 Å². The van der Waals surface area contributed by atoms with Crippen LogP contribution >= 0.6 is 15.9 Å². The van der Waals surface area contributed by atoms with Crippen LogP contribution in [0.1, 0.15) is 16.1 Å². The molecule has 2 aromatic rings. The van der Waals surface area contributed by atoms with E-state index in [0.717, 1.165) is 0 Å². The molecule has 1 aromatic heterocycles. The highest BCUT2D eigenvalue weighted by atomic mass is 79.9. The Morgan fingerprint density at radius 3 is 2.71 bits per heavy atom. The number of aryl methyl sites for hydroxylation is 2. The zero-order valence-corrected chi connectivity index (χ0v) is 12.6. The summed E-state index contributed by atoms with van der Waals surface area (Å²) in [5.41, 5.74) is 0.0414. The van der Waals surface area contributed by atoms with Crippen molar-refractivity contribution in [3.8, 4) is 11.6 Å². The Balaban J connectivity index is 2.48. The third kappa shape index (κ3) is 3.02. The number of nitro groups is 1. The number of aromatic carboxylic acids is 1. The molecule has 0 aliphatic heterocycles. The quantitative estimate of drug-likeness (QED) is 0.667. The maximum absolute atomic E-state index is 11.2. The van der Waals surface area contributed by atoms with Gasteiger partial charge in [0.15, 0.2) is 0 Å². The summed E-state index contributed by atoms with van der Waals surface area (Å²) in [4.78, 5) is 21.5. The normalized spacial score (nSPS) is 10.4. The fourth-order valence-electron chi connectivity index (χ4n) is 1.82. The van der Waals surface area contributed by atoms with Crippen molar-refractivity contribution < 1.29 is 19.6 Å². The molecule has 1 N–H and O–H groups in total. The number of carboxylic acids is 1. The molecule has 1 heterocycles. The van der Waals surface area contributed by atoms with E-state index in [-0.39, 0.29) is 22.9 Å². The van der Waals surface area contributed by atoms with Gasteiger partial charge in [-0.2, -0.15) is 5.10 Å². The first-order chi connectivity index (χ1) is 9.79. The first-order valence-electron chi connectivity index (χ1n) is 5.69. The van der Waals surface area contributed by atoms with Crippen LogP contribution in [0.25, 0.3) is 0 Å². The molecule has 0 aliphatic rings. The third-order valence-corrected chi connectivity index (χ3v) is 3.12. The summed E-state index contributed by atoms with van der Waals surface area (Å²) in [5, 5.41) is 24.0. The van der Waals surface area contributed by atoms with Crippen LogP contribution in [0.5, 0.6) is 11.6 Å². The van der Waals surface area contributed by atoms with Gasteiger partial charge >= 0.3 is 5.97 Å². The van der Waals surface area contributed by atoms with Crippen molar-refractivity contribution in [2.24, 2.45) is 7.05 Å². The summed E-state index contributed by atoms with van der Waals surface area (Å²) in [6.07, 6.45) is 0. The van der Waals surface area contributed by atoms with Crippen LogP contribution in [0.15, 0.2) is 22.7 Å². The minimum absolute atomic E-state index is 0.00685. The molecule has 0 unspecified atom stereocenters. The Hall–Kier alpha value is -2.42. The number of ether oxygens (including phenoxy) is 1. The van der Waals surface area contributed by atoms with Crippen LogP contribution in [0.3, 0.4) is 0 Å². The average molecular weight is 356 g/mol. The predicted molar refractivity (Wildman–Crippen MR) is 75.8 cm³/mol. The van der Waals surface area contributed by atoms with Gasteiger partial charge in [0.1, 0.15) is 11.3 Å². The summed E-state index contributed by atoms with van der Waals surface area (Å²) in [6, 6.07) is 4.03. The van der Waals surface area contributed by atoms with Crippen molar-refractivity contribution in [3.63, 3.8) is 0 Å². The van der Waals surface area contributed by atoms with E-state index in [9.17, 15) is 20.0 Å². The third-order valence-electron chi connectivity index (χ3n) is 2.66. The second kappa shape index (κ2) is 5.52. The molecule has 8 nitrogen and oxygen atoms in total. The molecular formula is C12H10BrN3O5. The summed E-state index contributed by atoms with van der Waals surface area (Å²) < 4.78 is 7.20. The van der Waals surface area contributed by atoms with E-state index in [1.165, 1.54) is 29.9 Å². The van der Waals surface area contributed by atoms with Crippen molar-refractivity contribution in [2.75, 3.05) is 0 Å². The Morgan fingerprint density at radius 1 is 1.48 bits per heavy atom. The molecule has 0 saturated heterocycles. The maximum atomic E-state index is 11.2. The minimum atomic E-state index is -1.18. The molecule has 0 amide bonds. The number of aromatic nitrogens is 2. The highest BCUT2D eigenvalue weighted by Crippen LogP contribution is 2.32. The Labute approximate surface area is 127 Å². The van der Waals surface area contributed by atoms with Gasteiger partial charge in [-0.15, -0.1) is 0 Å². The van der Waals surface area contributed by atoms with Gasteiger partial charge in [-0.25, -0.2) is 9.48 Å². The largest absolute Gasteiger partial charge is 0.477 e. The smallest absolute Gasteiger partial charge is 0.343 e. The van der Waals surface area contributed by atoms with Crippen molar-refractivity contribution >= 4 is 27.6 Å².